The van der Waals surface area contributed by atoms with E-state index in [0.29, 0.717) is 6.54 Å². The quantitative estimate of drug-likeness (QED) is 0.429. The molecule has 1 atom stereocenters. The minimum atomic E-state index is -0.438. The summed E-state index contributed by atoms with van der Waals surface area (Å²) in [5, 5.41) is 15.8. The number of non-ortho nitro benzene ring substituents is 1. The van der Waals surface area contributed by atoms with Gasteiger partial charge in [0.25, 0.3) is 5.69 Å². The summed E-state index contributed by atoms with van der Waals surface area (Å²) in [4.78, 5) is 26.3. The molecule has 2 heterocycles. The van der Waals surface area contributed by atoms with Crippen LogP contribution >= 0.6 is 11.3 Å². The minimum Gasteiger partial charge on any atom is -0.351 e. The zero-order chi connectivity index (χ0) is 19.9. The van der Waals surface area contributed by atoms with Gasteiger partial charge in [0.1, 0.15) is 0 Å². The Balaban J connectivity index is 1.58. The lowest BCUT2D eigenvalue weighted by molar-refractivity contribution is -0.384. The van der Waals surface area contributed by atoms with Gasteiger partial charge in [0.15, 0.2) is 0 Å². The highest BCUT2D eigenvalue weighted by molar-refractivity contribution is 7.10. The molecule has 1 N–H and O–H groups in total. The molecule has 1 amide bonds. The van der Waals surface area contributed by atoms with Crippen molar-refractivity contribution in [3.63, 3.8) is 0 Å². The Kier molecular flexibility index (Phi) is 6.95. The molecule has 7 heteroatoms. The van der Waals surface area contributed by atoms with Gasteiger partial charge >= 0.3 is 0 Å². The van der Waals surface area contributed by atoms with Crippen LogP contribution in [0.1, 0.15) is 36.2 Å². The molecule has 3 rings (SSSR count). The first kappa shape index (κ1) is 20.2. The van der Waals surface area contributed by atoms with Crippen LogP contribution in [0.25, 0.3) is 6.08 Å². The third kappa shape index (κ3) is 5.50. The second-order valence-corrected chi connectivity index (χ2v) is 8.16. The molecule has 1 fully saturated rings. The maximum absolute atomic E-state index is 12.3. The number of thiophene rings is 1. The first-order chi connectivity index (χ1) is 13.5. The van der Waals surface area contributed by atoms with Crippen molar-refractivity contribution in [3.8, 4) is 0 Å². The zero-order valence-corrected chi connectivity index (χ0v) is 16.7. The number of nitro groups is 1. The first-order valence-corrected chi connectivity index (χ1v) is 10.4. The third-order valence-electron chi connectivity index (χ3n) is 5.13. The molecule has 6 nitrogen and oxygen atoms in total. The highest BCUT2D eigenvalue weighted by atomic mass is 32.1. The van der Waals surface area contributed by atoms with Crippen LogP contribution in [0.4, 0.5) is 5.69 Å². The summed E-state index contributed by atoms with van der Waals surface area (Å²) in [5.41, 5.74) is 0.789. The molecule has 1 aromatic heterocycles. The molecule has 1 unspecified atom stereocenters. The van der Waals surface area contributed by atoms with Crippen molar-refractivity contribution in [3.05, 3.63) is 68.4 Å². The fourth-order valence-corrected chi connectivity index (χ4v) is 4.23. The number of likely N-dealkylation sites (tertiary alicyclic amines) is 1. The van der Waals surface area contributed by atoms with Crippen LogP contribution in [0.15, 0.2) is 47.9 Å². The molecule has 0 spiro atoms. The molecule has 1 aliphatic heterocycles. The molecular weight excluding hydrogens is 374 g/mol. The summed E-state index contributed by atoms with van der Waals surface area (Å²) in [6, 6.07) is 10.5. The van der Waals surface area contributed by atoms with E-state index in [4.69, 9.17) is 0 Å². The van der Waals surface area contributed by atoms with Crippen molar-refractivity contribution in [1.82, 2.24) is 10.2 Å². The fraction of sp³-hybridized carbons (Fsp3) is 0.381. The van der Waals surface area contributed by atoms with Gasteiger partial charge in [0, 0.05) is 29.6 Å². The maximum atomic E-state index is 12.3. The van der Waals surface area contributed by atoms with E-state index in [9.17, 15) is 14.9 Å². The van der Waals surface area contributed by atoms with Crippen LogP contribution in [0.2, 0.25) is 0 Å². The maximum Gasteiger partial charge on any atom is 0.269 e. The lowest BCUT2D eigenvalue weighted by atomic mass is 9.97. The average molecular weight is 400 g/mol. The van der Waals surface area contributed by atoms with E-state index in [2.05, 4.69) is 34.7 Å². The highest BCUT2D eigenvalue weighted by Crippen LogP contribution is 2.29. The van der Waals surface area contributed by atoms with Crippen molar-refractivity contribution in [2.75, 3.05) is 19.6 Å². The number of carbonyl (C=O) groups is 1. The van der Waals surface area contributed by atoms with Gasteiger partial charge in [-0.1, -0.05) is 13.0 Å². The third-order valence-corrected chi connectivity index (χ3v) is 6.10. The van der Waals surface area contributed by atoms with Gasteiger partial charge < -0.3 is 5.32 Å². The number of rotatable bonds is 7. The van der Waals surface area contributed by atoms with E-state index < -0.39 is 4.92 Å². The van der Waals surface area contributed by atoms with Crippen LogP contribution in [0.5, 0.6) is 0 Å². The summed E-state index contributed by atoms with van der Waals surface area (Å²) >= 11 is 1.72. The summed E-state index contributed by atoms with van der Waals surface area (Å²) in [6.07, 6.45) is 5.53. The summed E-state index contributed by atoms with van der Waals surface area (Å²) in [6.45, 7) is 4.97. The van der Waals surface area contributed by atoms with Crippen molar-refractivity contribution >= 4 is 29.0 Å². The lowest BCUT2D eigenvalue weighted by Gasteiger charge is -2.36. The summed E-state index contributed by atoms with van der Waals surface area (Å²) in [5.74, 6) is 0.602. The van der Waals surface area contributed by atoms with E-state index in [1.807, 2.05) is 0 Å². The standard InChI is InChI=1S/C21H25N3O3S/c1-16-10-12-23(13-11-16)19(20-3-2-14-28-20)15-22-21(25)9-6-17-4-7-18(8-5-17)24(26)27/h2-9,14,16,19H,10-13,15H2,1H3,(H,22,25)/b9-6+. The van der Waals surface area contributed by atoms with Crippen molar-refractivity contribution in [2.24, 2.45) is 5.92 Å². The van der Waals surface area contributed by atoms with E-state index in [1.54, 1.807) is 29.5 Å². The van der Waals surface area contributed by atoms with Crippen LogP contribution in [0, 0.1) is 16.0 Å². The predicted molar refractivity (Wildman–Crippen MR) is 112 cm³/mol. The molecule has 1 aliphatic rings. The fourth-order valence-electron chi connectivity index (χ4n) is 3.37. The Labute approximate surface area is 169 Å². The minimum absolute atomic E-state index is 0.0382. The van der Waals surface area contributed by atoms with Gasteiger partial charge in [-0.3, -0.25) is 19.8 Å². The Morgan fingerprint density at radius 1 is 1.32 bits per heavy atom. The smallest absolute Gasteiger partial charge is 0.269 e. The van der Waals surface area contributed by atoms with E-state index in [1.165, 1.54) is 35.9 Å². The number of piperidine rings is 1. The largest absolute Gasteiger partial charge is 0.351 e. The lowest BCUT2D eigenvalue weighted by Crippen LogP contribution is -2.41. The van der Waals surface area contributed by atoms with Crippen LogP contribution in [-0.4, -0.2) is 35.4 Å². The van der Waals surface area contributed by atoms with Crippen molar-refractivity contribution in [1.29, 1.82) is 0 Å². The number of benzene rings is 1. The number of hydrogen-bond donors (Lipinski definition) is 1. The van der Waals surface area contributed by atoms with Crippen molar-refractivity contribution < 1.29 is 9.72 Å². The van der Waals surface area contributed by atoms with Gasteiger partial charge in [-0.2, -0.15) is 0 Å². The van der Waals surface area contributed by atoms with Gasteiger partial charge in [-0.15, -0.1) is 11.3 Å². The number of amides is 1. The second-order valence-electron chi connectivity index (χ2n) is 7.18. The van der Waals surface area contributed by atoms with Gasteiger partial charge in [-0.25, -0.2) is 0 Å². The Morgan fingerprint density at radius 2 is 2.04 bits per heavy atom. The summed E-state index contributed by atoms with van der Waals surface area (Å²) < 4.78 is 0. The second kappa shape index (κ2) is 9.61. The molecule has 1 saturated heterocycles. The Morgan fingerprint density at radius 3 is 2.64 bits per heavy atom. The molecule has 1 aromatic carbocycles. The average Bonchev–Trinajstić information content (AvgIpc) is 3.22. The predicted octanol–water partition coefficient (Wildman–Crippen LogP) is 4.26. The first-order valence-electron chi connectivity index (χ1n) is 9.51. The molecule has 0 saturated carbocycles. The number of hydrogen-bond acceptors (Lipinski definition) is 5. The van der Waals surface area contributed by atoms with Crippen LogP contribution < -0.4 is 5.32 Å². The Hall–Kier alpha value is -2.51. The monoisotopic (exact) mass is 399 g/mol. The normalized spacial score (nSPS) is 16.9. The number of nitrogens with one attached hydrogen (secondary N) is 1. The summed E-state index contributed by atoms with van der Waals surface area (Å²) in [7, 11) is 0. The zero-order valence-electron chi connectivity index (χ0n) is 15.9. The topological polar surface area (TPSA) is 75.5 Å². The number of nitro benzene ring substituents is 1. The molecular formula is C21H25N3O3S. The van der Waals surface area contributed by atoms with E-state index in [-0.39, 0.29) is 17.6 Å². The van der Waals surface area contributed by atoms with E-state index >= 15 is 0 Å². The van der Waals surface area contributed by atoms with E-state index in [0.717, 1.165) is 24.6 Å². The molecule has 0 aliphatic carbocycles. The van der Waals surface area contributed by atoms with Gasteiger partial charge in [0.05, 0.1) is 11.0 Å². The van der Waals surface area contributed by atoms with Gasteiger partial charge in [-0.05, 0) is 67.1 Å². The SMILES string of the molecule is CC1CCN(C(CNC(=O)/C=C/c2ccc([N+](=O)[O-])cc2)c2cccs2)CC1. The number of carbonyl (C=O) groups excluding carboxylic acids is 1. The molecule has 2 aromatic rings. The molecule has 0 radical (unpaired) electrons. The van der Waals surface area contributed by atoms with Crippen LogP contribution in [-0.2, 0) is 4.79 Å². The molecule has 148 valence electrons. The van der Waals surface area contributed by atoms with Crippen LogP contribution in [0.3, 0.4) is 0 Å². The Bertz CT molecular complexity index is 810. The number of nitrogens with zero attached hydrogens (tertiary/aromatic N) is 2. The van der Waals surface area contributed by atoms with Gasteiger partial charge in [0.2, 0.25) is 5.91 Å². The molecule has 28 heavy (non-hydrogen) atoms. The molecule has 0 bridgehead atoms. The highest BCUT2D eigenvalue weighted by Gasteiger charge is 2.25. The van der Waals surface area contributed by atoms with Crippen molar-refractivity contribution in [2.45, 2.75) is 25.8 Å².